The third-order valence-electron chi connectivity index (χ3n) is 4.87. The standard InChI is InChI=1S/C21H21N3O3/c1-15-17(20(25)23-9-11-27-12-10-23)13-18-19(22-15)7-8-24(21(18)26)14-16-5-3-2-4-6-16/h2-8,13H,9-12,14H2,1H3. The minimum atomic E-state index is -0.139. The molecule has 0 spiro atoms. The molecule has 1 fully saturated rings. The van der Waals surface area contributed by atoms with Crippen LogP contribution >= 0.6 is 0 Å². The first-order valence-electron chi connectivity index (χ1n) is 9.05. The number of nitrogens with zero attached hydrogens (tertiary/aromatic N) is 3. The lowest BCUT2D eigenvalue weighted by Gasteiger charge is -2.27. The zero-order valence-electron chi connectivity index (χ0n) is 15.2. The summed E-state index contributed by atoms with van der Waals surface area (Å²) >= 11 is 0. The lowest BCUT2D eigenvalue weighted by molar-refractivity contribution is 0.0302. The highest BCUT2D eigenvalue weighted by Crippen LogP contribution is 2.16. The predicted octanol–water partition coefficient (Wildman–Crippen LogP) is 2.23. The molecule has 0 atom stereocenters. The number of pyridine rings is 2. The SMILES string of the molecule is Cc1nc2ccn(Cc3ccccc3)c(=O)c2cc1C(=O)N1CCOCC1. The van der Waals surface area contributed by atoms with Gasteiger partial charge >= 0.3 is 0 Å². The summed E-state index contributed by atoms with van der Waals surface area (Å²) in [5, 5.41) is 0.468. The number of rotatable bonds is 3. The number of carbonyl (C=O) groups excluding carboxylic acids is 1. The zero-order valence-corrected chi connectivity index (χ0v) is 15.2. The molecule has 0 bridgehead atoms. The average molecular weight is 363 g/mol. The van der Waals surface area contributed by atoms with E-state index in [2.05, 4.69) is 4.98 Å². The molecule has 0 unspecified atom stereocenters. The Balaban J connectivity index is 1.74. The molecule has 1 aromatic carbocycles. The number of aromatic nitrogens is 2. The molecule has 0 radical (unpaired) electrons. The maximum absolute atomic E-state index is 13.0. The van der Waals surface area contributed by atoms with Crippen LogP contribution in [0.1, 0.15) is 21.6 Å². The van der Waals surface area contributed by atoms with Gasteiger partial charge in [-0.15, -0.1) is 0 Å². The molecule has 1 aliphatic rings. The second-order valence-electron chi connectivity index (χ2n) is 6.69. The van der Waals surface area contributed by atoms with Crippen molar-refractivity contribution in [3.8, 4) is 0 Å². The van der Waals surface area contributed by atoms with Crippen molar-refractivity contribution >= 4 is 16.8 Å². The number of carbonyl (C=O) groups is 1. The van der Waals surface area contributed by atoms with Crippen molar-refractivity contribution in [2.45, 2.75) is 13.5 Å². The van der Waals surface area contributed by atoms with Gasteiger partial charge in [-0.1, -0.05) is 30.3 Å². The first kappa shape index (κ1) is 17.4. The average Bonchev–Trinajstić information content (AvgIpc) is 2.71. The molecular weight excluding hydrogens is 342 g/mol. The fraction of sp³-hybridized carbons (Fsp3) is 0.286. The van der Waals surface area contributed by atoms with Crippen LogP contribution in [0.3, 0.4) is 0 Å². The van der Waals surface area contributed by atoms with Crippen molar-refractivity contribution in [1.82, 2.24) is 14.5 Å². The first-order valence-corrected chi connectivity index (χ1v) is 9.05. The van der Waals surface area contributed by atoms with Crippen molar-refractivity contribution in [2.24, 2.45) is 0 Å². The summed E-state index contributed by atoms with van der Waals surface area (Å²) in [4.78, 5) is 32.1. The van der Waals surface area contributed by atoms with Crippen LogP contribution in [0.25, 0.3) is 10.9 Å². The third-order valence-corrected chi connectivity index (χ3v) is 4.87. The maximum Gasteiger partial charge on any atom is 0.260 e. The highest BCUT2D eigenvalue weighted by molar-refractivity contribution is 5.98. The Morgan fingerprint density at radius 1 is 1.15 bits per heavy atom. The molecule has 1 amide bonds. The molecule has 3 heterocycles. The molecule has 1 saturated heterocycles. The normalized spacial score (nSPS) is 14.5. The number of aryl methyl sites for hydroxylation is 1. The van der Waals surface area contributed by atoms with E-state index in [1.54, 1.807) is 21.7 Å². The van der Waals surface area contributed by atoms with Crippen LogP contribution in [0, 0.1) is 6.92 Å². The number of amides is 1. The van der Waals surface area contributed by atoms with Crippen molar-refractivity contribution < 1.29 is 9.53 Å². The summed E-state index contributed by atoms with van der Waals surface area (Å²) in [6.45, 7) is 4.48. The van der Waals surface area contributed by atoms with E-state index in [0.29, 0.717) is 55.0 Å². The fourth-order valence-corrected chi connectivity index (χ4v) is 3.36. The fourth-order valence-electron chi connectivity index (χ4n) is 3.36. The van der Waals surface area contributed by atoms with Gasteiger partial charge in [0.25, 0.3) is 11.5 Å². The Morgan fingerprint density at radius 3 is 2.63 bits per heavy atom. The number of fused-ring (bicyclic) bond motifs is 1. The molecule has 27 heavy (non-hydrogen) atoms. The van der Waals surface area contributed by atoms with Gasteiger partial charge in [-0.2, -0.15) is 0 Å². The summed E-state index contributed by atoms with van der Waals surface area (Å²) in [7, 11) is 0. The molecule has 6 nitrogen and oxygen atoms in total. The second kappa shape index (κ2) is 7.32. The first-order chi connectivity index (χ1) is 13.1. The summed E-state index contributed by atoms with van der Waals surface area (Å²) < 4.78 is 6.97. The third kappa shape index (κ3) is 3.48. The summed E-state index contributed by atoms with van der Waals surface area (Å²) in [6, 6.07) is 13.3. The Bertz CT molecular complexity index is 1040. The smallest absolute Gasteiger partial charge is 0.260 e. The molecule has 3 aromatic rings. The zero-order chi connectivity index (χ0) is 18.8. The minimum absolute atomic E-state index is 0.0944. The highest BCUT2D eigenvalue weighted by Gasteiger charge is 2.21. The lowest BCUT2D eigenvalue weighted by atomic mass is 10.1. The van der Waals surface area contributed by atoms with E-state index in [9.17, 15) is 9.59 Å². The predicted molar refractivity (Wildman–Crippen MR) is 103 cm³/mol. The number of hydrogen-bond acceptors (Lipinski definition) is 4. The van der Waals surface area contributed by atoms with Gasteiger partial charge in [0, 0.05) is 19.3 Å². The van der Waals surface area contributed by atoms with Crippen LogP contribution < -0.4 is 5.56 Å². The highest BCUT2D eigenvalue weighted by atomic mass is 16.5. The second-order valence-corrected chi connectivity index (χ2v) is 6.69. The van der Waals surface area contributed by atoms with Gasteiger partial charge in [-0.3, -0.25) is 14.6 Å². The molecule has 2 aromatic heterocycles. The molecule has 6 heteroatoms. The van der Waals surface area contributed by atoms with Crippen molar-refractivity contribution in [3.63, 3.8) is 0 Å². The van der Waals surface area contributed by atoms with Gasteiger partial charge in [0.2, 0.25) is 0 Å². The van der Waals surface area contributed by atoms with E-state index in [1.165, 1.54) is 0 Å². The maximum atomic E-state index is 13.0. The Hall–Kier alpha value is -2.99. The van der Waals surface area contributed by atoms with Gasteiger partial charge < -0.3 is 14.2 Å². The van der Waals surface area contributed by atoms with Gasteiger partial charge in [-0.25, -0.2) is 0 Å². The van der Waals surface area contributed by atoms with Gasteiger partial charge in [0.15, 0.2) is 0 Å². The summed E-state index contributed by atoms with van der Waals surface area (Å²) in [6.07, 6.45) is 1.76. The summed E-state index contributed by atoms with van der Waals surface area (Å²) in [5.41, 5.74) is 2.64. The topological polar surface area (TPSA) is 64.4 Å². The van der Waals surface area contributed by atoms with E-state index >= 15 is 0 Å². The van der Waals surface area contributed by atoms with E-state index in [0.717, 1.165) is 5.56 Å². The van der Waals surface area contributed by atoms with Crippen molar-refractivity contribution in [3.05, 3.63) is 75.8 Å². The summed E-state index contributed by atoms with van der Waals surface area (Å²) in [5.74, 6) is -0.0944. The largest absolute Gasteiger partial charge is 0.378 e. The molecule has 0 saturated carbocycles. The Kier molecular flexibility index (Phi) is 4.73. The number of benzene rings is 1. The molecule has 0 aliphatic carbocycles. The number of morpholine rings is 1. The quantitative estimate of drug-likeness (QED) is 0.716. The molecule has 0 N–H and O–H groups in total. The minimum Gasteiger partial charge on any atom is -0.378 e. The van der Waals surface area contributed by atoms with E-state index in [1.807, 2.05) is 43.3 Å². The van der Waals surface area contributed by atoms with Crippen LogP contribution in [-0.2, 0) is 11.3 Å². The number of hydrogen-bond donors (Lipinski definition) is 0. The van der Waals surface area contributed by atoms with E-state index in [-0.39, 0.29) is 11.5 Å². The molecule has 1 aliphatic heterocycles. The van der Waals surface area contributed by atoms with Gasteiger partial charge in [0.1, 0.15) is 0 Å². The van der Waals surface area contributed by atoms with Crippen LogP contribution in [0.15, 0.2) is 53.5 Å². The molecule has 138 valence electrons. The molecular formula is C21H21N3O3. The lowest BCUT2D eigenvalue weighted by Crippen LogP contribution is -2.41. The Labute approximate surface area is 157 Å². The van der Waals surface area contributed by atoms with Crippen LogP contribution in [0.5, 0.6) is 0 Å². The molecule has 4 rings (SSSR count). The van der Waals surface area contributed by atoms with Crippen LogP contribution in [-0.4, -0.2) is 46.7 Å². The Morgan fingerprint density at radius 2 is 1.89 bits per heavy atom. The van der Waals surface area contributed by atoms with Crippen molar-refractivity contribution in [2.75, 3.05) is 26.3 Å². The number of ether oxygens (including phenoxy) is 1. The van der Waals surface area contributed by atoms with Gasteiger partial charge in [0.05, 0.1) is 41.9 Å². The van der Waals surface area contributed by atoms with Crippen molar-refractivity contribution in [1.29, 1.82) is 0 Å². The van der Waals surface area contributed by atoms with Crippen LogP contribution in [0.4, 0.5) is 0 Å². The van der Waals surface area contributed by atoms with Gasteiger partial charge in [-0.05, 0) is 24.6 Å². The van der Waals surface area contributed by atoms with E-state index < -0.39 is 0 Å². The monoisotopic (exact) mass is 363 g/mol. The van der Waals surface area contributed by atoms with Crippen LogP contribution in [0.2, 0.25) is 0 Å². The van der Waals surface area contributed by atoms with E-state index in [4.69, 9.17) is 4.74 Å².